The van der Waals surface area contributed by atoms with E-state index in [0.29, 0.717) is 20.6 Å². The van der Waals surface area contributed by atoms with E-state index in [-0.39, 0.29) is 22.6 Å². The van der Waals surface area contributed by atoms with Gasteiger partial charge >= 0.3 is 0 Å². The Balaban J connectivity index is 2.29. The molecule has 0 aliphatic heterocycles. The van der Waals surface area contributed by atoms with Crippen LogP contribution >= 0.6 is 31.9 Å². The second-order valence-corrected chi connectivity index (χ2v) is 9.50. The minimum Gasteiger partial charge on any atom is -0.388 e. The van der Waals surface area contributed by atoms with E-state index in [0.717, 1.165) is 12.3 Å². The molecular weight excluding hydrogens is 512 g/mol. The van der Waals surface area contributed by atoms with Gasteiger partial charge in [-0.15, -0.1) is 0 Å². The largest absolute Gasteiger partial charge is 0.388 e. The van der Waals surface area contributed by atoms with Gasteiger partial charge in [0.05, 0.1) is 5.56 Å². The summed E-state index contributed by atoms with van der Waals surface area (Å²) in [4.78, 5) is -0.752. The van der Waals surface area contributed by atoms with E-state index >= 15 is 0 Å². The number of aliphatic hydroxyl groups excluding tert-OH is 1. The number of rotatable bonds is 4. The molecule has 0 aliphatic rings. The minimum atomic E-state index is -3.95. The fraction of sp³-hybridized carbons (Fsp3) is 0.118. The summed E-state index contributed by atoms with van der Waals surface area (Å²) in [7, 11) is -3.95. The van der Waals surface area contributed by atoms with Gasteiger partial charge in [-0.25, -0.2) is 17.2 Å². The molecule has 2 aromatic carbocycles. The quantitative estimate of drug-likeness (QED) is 0.537. The Bertz CT molecular complexity index is 1130. The highest BCUT2D eigenvalue weighted by molar-refractivity contribution is 9.11. The normalized spacial score (nSPS) is 11.8. The Morgan fingerprint density at radius 1 is 1.07 bits per heavy atom. The van der Waals surface area contributed by atoms with E-state index in [4.69, 9.17) is 4.52 Å². The number of aliphatic hydroxyl groups is 1. The molecule has 0 spiro atoms. The first-order chi connectivity index (χ1) is 12.6. The van der Waals surface area contributed by atoms with E-state index in [9.17, 15) is 22.3 Å². The molecule has 1 aromatic heterocycles. The summed E-state index contributed by atoms with van der Waals surface area (Å²) in [5.74, 6) is -2.17. The molecular formula is C17H11Br2F2NO4S. The summed E-state index contributed by atoms with van der Waals surface area (Å²) < 4.78 is 58.7. The van der Waals surface area contributed by atoms with Gasteiger partial charge in [0.15, 0.2) is 15.6 Å². The summed E-state index contributed by atoms with van der Waals surface area (Å²) in [6, 6.07) is 6.51. The highest BCUT2D eigenvalue weighted by Crippen LogP contribution is 2.39. The van der Waals surface area contributed by atoms with Crippen LogP contribution in [0.15, 0.2) is 48.7 Å². The van der Waals surface area contributed by atoms with Crippen LogP contribution in [0.3, 0.4) is 0 Å². The summed E-state index contributed by atoms with van der Waals surface area (Å²) in [6.45, 7) is -0.605. The predicted octanol–water partition coefficient (Wildman–Crippen LogP) is 4.71. The maximum absolute atomic E-state index is 14.7. The first-order valence-electron chi connectivity index (χ1n) is 7.37. The lowest BCUT2D eigenvalue weighted by Crippen LogP contribution is -2.03. The van der Waals surface area contributed by atoms with Gasteiger partial charge in [0, 0.05) is 26.3 Å². The molecule has 0 fully saturated rings. The number of hydrogen-bond acceptors (Lipinski definition) is 5. The van der Waals surface area contributed by atoms with Crippen molar-refractivity contribution in [2.24, 2.45) is 0 Å². The molecule has 1 N–H and O–H groups in total. The van der Waals surface area contributed by atoms with Crippen LogP contribution in [0.1, 0.15) is 5.76 Å². The Hall–Kier alpha value is -1.62. The molecule has 0 aliphatic carbocycles. The molecule has 3 aromatic rings. The molecule has 1 heterocycles. The molecule has 5 nitrogen and oxygen atoms in total. The van der Waals surface area contributed by atoms with Crippen molar-refractivity contribution in [3.63, 3.8) is 0 Å². The fourth-order valence-electron chi connectivity index (χ4n) is 2.60. The van der Waals surface area contributed by atoms with Crippen molar-refractivity contribution >= 4 is 41.7 Å². The first-order valence-corrected chi connectivity index (χ1v) is 10.8. The van der Waals surface area contributed by atoms with Crippen LogP contribution < -0.4 is 0 Å². The van der Waals surface area contributed by atoms with Gasteiger partial charge in [-0.3, -0.25) is 0 Å². The number of aromatic nitrogens is 1. The maximum Gasteiger partial charge on any atom is 0.178 e. The van der Waals surface area contributed by atoms with E-state index in [1.807, 2.05) is 0 Å². The van der Waals surface area contributed by atoms with Crippen molar-refractivity contribution in [1.82, 2.24) is 5.16 Å². The van der Waals surface area contributed by atoms with Gasteiger partial charge < -0.3 is 9.63 Å². The zero-order valence-corrected chi connectivity index (χ0v) is 17.6. The molecule has 0 saturated heterocycles. The molecule has 0 bridgehead atoms. The lowest BCUT2D eigenvalue weighted by molar-refractivity contribution is 0.230. The zero-order chi connectivity index (χ0) is 19.9. The average molecular weight is 523 g/mol. The second-order valence-electron chi connectivity index (χ2n) is 5.68. The van der Waals surface area contributed by atoms with Crippen LogP contribution in [0.2, 0.25) is 0 Å². The van der Waals surface area contributed by atoms with Crippen LogP contribution in [0.5, 0.6) is 0 Å². The monoisotopic (exact) mass is 521 g/mol. The number of sulfone groups is 1. The fourth-order valence-corrected chi connectivity index (χ4v) is 4.63. The van der Waals surface area contributed by atoms with Crippen LogP contribution in [0.25, 0.3) is 22.4 Å². The SMILES string of the molecule is CS(=O)(=O)c1cc(F)c(-c2c(-c3cc(Br)cc(Br)c3)noc2CO)cc1F. The summed E-state index contributed by atoms with van der Waals surface area (Å²) in [5.41, 5.74) is 0.461. The molecule has 10 heteroatoms. The highest BCUT2D eigenvalue weighted by atomic mass is 79.9. The van der Waals surface area contributed by atoms with Crippen LogP contribution in [-0.2, 0) is 16.4 Å². The van der Waals surface area contributed by atoms with Crippen molar-refractivity contribution in [3.05, 3.63) is 56.7 Å². The Morgan fingerprint density at radius 3 is 2.26 bits per heavy atom. The molecule has 27 heavy (non-hydrogen) atoms. The highest BCUT2D eigenvalue weighted by Gasteiger charge is 2.25. The summed E-state index contributed by atoms with van der Waals surface area (Å²) in [6.07, 6.45) is 0.785. The van der Waals surface area contributed by atoms with Gasteiger partial charge in [-0.2, -0.15) is 0 Å². The van der Waals surface area contributed by atoms with Crippen molar-refractivity contribution < 1.29 is 26.8 Å². The molecule has 142 valence electrons. The van der Waals surface area contributed by atoms with E-state index in [1.165, 1.54) is 0 Å². The summed E-state index contributed by atoms with van der Waals surface area (Å²) in [5, 5.41) is 13.4. The Kier molecular flexibility index (Phi) is 5.53. The minimum absolute atomic E-state index is 0.0407. The standard InChI is InChI=1S/C17H11Br2F2NO4S/c1-27(24,25)15-6-12(20)11(5-13(15)21)16-14(7-23)26-22-17(16)8-2-9(18)4-10(19)3-8/h2-6,23H,7H2,1H3. The Labute approximate surface area is 170 Å². The van der Waals surface area contributed by atoms with Crippen molar-refractivity contribution in [2.45, 2.75) is 11.5 Å². The first kappa shape index (κ1) is 20.1. The second kappa shape index (κ2) is 7.42. The number of hydrogen-bond donors (Lipinski definition) is 1. The molecule has 0 unspecified atom stereocenters. The van der Waals surface area contributed by atoms with Crippen LogP contribution in [0, 0.1) is 11.6 Å². The number of benzene rings is 2. The van der Waals surface area contributed by atoms with E-state index in [1.54, 1.807) is 18.2 Å². The third-order valence-electron chi connectivity index (χ3n) is 3.73. The van der Waals surface area contributed by atoms with Gasteiger partial charge in [-0.1, -0.05) is 37.0 Å². The van der Waals surface area contributed by atoms with Crippen molar-refractivity contribution in [3.8, 4) is 22.4 Å². The average Bonchev–Trinajstić information content (AvgIpc) is 2.98. The van der Waals surface area contributed by atoms with Crippen molar-refractivity contribution in [2.75, 3.05) is 6.26 Å². The molecule has 0 amide bonds. The number of nitrogens with zero attached hydrogens (tertiary/aromatic N) is 1. The van der Waals surface area contributed by atoms with Gasteiger partial charge in [-0.05, 0) is 30.3 Å². The lowest BCUT2D eigenvalue weighted by Gasteiger charge is -2.09. The smallest absolute Gasteiger partial charge is 0.178 e. The van der Waals surface area contributed by atoms with Gasteiger partial charge in [0.1, 0.15) is 28.8 Å². The van der Waals surface area contributed by atoms with Gasteiger partial charge in [0.25, 0.3) is 0 Å². The molecule has 3 rings (SSSR count). The van der Waals surface area contributed by atoms with Crippen LogP contribution in [-0.4, -0.2) is 24.9 Å². The zero-order valence-electron chi connectivity index (χ0n) is 13.6. The maximum atomic E-state index is 14.7. The topological polar surface area (TPSA) is 80.4 Å². The lowest BCUT2D eigenvalue weighted by atomic mass is 9.98. The van der Waals surface area contributed by atoms with E-state index in [2.05, 4.69) is 37.0 Å². The Morgan fingerprint density at radius 2 is 1.70 bits per heavy atom. The predicted molar refractivity (Wildman–Crippen MR) is 102 cm³/mol. The van der Waals surface area contributed by atoms with Crippen LogP contribution in [0.4, 0.5) is 8.78 Å². The van der Waals surface area contributed by atoms with Gasteiger partial charge in [0.2, 0.25) is 0 Å². The molecule has 0 saturated carbocycles. The molecule has 0 radical (unpaired) electrons. The number of halogens is 4. The third kappa shape index (κ3) is 3.98. The van der Waals surface area contributed by atoms with Crippen molar-refractivity contribution in [1.29, 1.82) is 0 Å². The third-order valence-corrected chi connectivity index (χ3v) is 5.76. The van der Waals surface area contributed by atoms with E-state index < -0.39 is 33.0 Å². The summed E-state index contributed by atoms with van der Waals surface area (Å²) >= 11 is 6.67. The molecule has 0 atom stereocenters.